The quantitative estimate of drug-likeness (QED) is 0.457. The number of hydrogen-bond acceptors (Lipinski definition) is 7. The summed E-state index contributed by atoms with van der Waals surface area (Å²) in [7, 11) is 3.45. The molecule has 2 N–H and O–H groups in total. The summed E-state index contributed by atoms with van der Waals surface area (Å²) in [4.78, 5) is 23.8. The minimum absolute atomic E-state index is 0.156. The molecule has 0 aliphatic carbocycles. The predicted molar refractivity (Wildman–Crippen MR) is 128 cm³/mol. The molecule has 9 nitrogen and oxygen atoms in total. The molecule has 0 saturated heterocycles. The maximum absolute atomic E-state index is 12.4. The van der Waals surface area contributed by atoms with E-state index in [1.54, 1.807) is 19.2 Å². The molecule has 0 spiro atoms. The van der Waals surface area contributed by atoms with E-state index >= 15 is 0 Å². The molecule has 174 valence electrons. The second kappa shape index (κ2) is 10.9. The molecule has 2 aromatic carbocycles. The zero-order valence-electron chi connectivity index (χ0n) is 19.2. The molecular weight excluding hydrogens is 442 g/mol. The van der Waals surface area contributed by atoms with Crippen molar-refractivity contribution in [3.8, 4) is 11.5 Å². The van der Waals surface area contributed by atoms with E-state index in [1.165, 1.54) is 18.7 Å². The van der Waals surface area contributed by atoms with Gasteiger partial charge in [-0.25, -0.2) is 0 Å². The van der Waals surface area contributed by atoms with Gasteiger partial charge in [0.2, 0.25) is 11.8 Å². The third kappa shape index (κ3) is 6.48. The first kappa shape index (κ1) is 24.1. The van der Waals surface area contributed by atoms with Crippen LogP contribution < -0.4 is 20.1 Å². The molecule has 0 radical (unpaired) electrons. The van der Waals surface area contributed by atoms with E-state index in [0.29, 0.717) is 28.1 Å². The summed E-state index contributed by atoms with van der Waals surface area (Å²) in [5.74, 6) is 1.89. The number of carbonyl (C=O) groups excluding carboxylic acids is 2. The van der Waals surface area contributed by atoms with E-state index in [-0.39, 0.29) is 23.7 Å². The van der Waals surface area contributed by atoms with Crippen LogP contribution in [-0.4, -0.2) is 39.4 Å². The fourth-order valence-electron chi connectivity index (χ4n) is 3.07. The number of aromatic nitrogens is 3. The first-order chi connectivity index (χ1) is 15.8. The molecule has 33 heavy (non-hydrogen) atoms. The highest BCUT2D eigenvalue weighted by molar-refractivity contribution is 7.99. The first-order valence-electron chi connectivity index (χ1n) is 10.3. The van der Waals surface area contributed by atoms with Crippen molar-refractivity contribution >= 4 is 35.0 Å². The molecule has 0 aliphatic heterocycles. The summed E-state index contributed by atoms with van der Waals surface area (Å²) in [5.41, 5.74) is 2.18. The molecule has 2 amide bonds. The minimum Gasteiger partial charge on any atom is -0.497 e. The number of hydrogen-bond donors (Lipinski definition) is 2. The molecule has 1 atom stereocenters. The number of benzene rings is 2. The highest BCUT2D eigenvalue weighted by Gasteiger charge is 2.18. The van der Waals surface area contributed by atoms with Crippen LogP contribution in [0.3, 0.4) is 0 Å². The normalized spacial score (nSPS) is 11.5. The standard InChI is InChI=1S/C23H27N5O4S/c1-14-6-7-17(12-20(14)24-16(3)29)25-21(30)13-33-23-27-26-22(28(23)4)15(2)32-19-10-8-18(31-5)9-11-19/h6-12,15H,13H2,1-5H3,(H,24,29)(H,25,30). The van der Waals surface area contributed by atoms with E-state index in [4.69, 9.17) is 9.47 Å². The smallest absolute Gasteiger partial charge is 0.234 e. The lowest BCUT2D eigenvalue weighted by atomic mass is 10.2. The van der Waals surface area contributed by atoms with Crippen LogP contribution in [0, 0.1) is 6.92 Å². The third-order valence-corrected chi connectivity index (χ3v) is 5.79. The molecule has 3 aromatic rings. The van der Waals surface area contributed by atoms with Crippen molar-refractivity contribution < 1.29 is 19.1 Å². The summed E-state index contributed by atoms with van der Waals surface area (Å²) >= 11 is 1.28. The lowest BCUT2D eigenvalue weighted by molar-refractivity contribution is -0.114. The highest BCUT2D eigenvalue weighted by Crippen LogP contribution is 2.25. The van der Waals surface area contributed by atoms with Gasteiger partial charge in [0.15, 0.2) is 17.1 Å². The van der Waals surface area contributed by atoms with Crippen molar-refractivity contribution in [2.75, 3.05) is 23.5 Å². The number of amides is 2. The van der Waals surface area contributed by atoms with E-state index < -0.39 is 0 Å². The summed E-state index contributed by atoms with van der Waals surface area (Å²) in [5, 5.41) is 14.6. The van der Waals surface area contributed by atoms with E-state index in [1.807, 2.05) is 55.8 Å². The third-order valence-electron chi connectivity index (χ3n) is 4.77. The number of anilines is 2. The van der Waals surface area contributed by atoms with Gasteiger partial charge in [0.25, 0.3) is 0 Å². The largest absolute Gasteiger partial charge is 0.497 e. The van der Waals surface area contributed by atoms with Gasteiger partial charge in [0, 0.05) is 25.3 Å². The van der Waals surface area contributed by atoms with Crippen LogP contribution >= 0.6 is 11.8 Å². The number of nitrogens with one attached hydrogen (secondary N) is 2. The number of aryl methyl sites for hydroxylation is 1. The SMILES string of the molecule is COc1ccc(OC(C)c2nnc(SCC(=O)Nc3ccc(C)c(NC(C)=O)c3)n2C)cc1. The Hall–Kier alpha value is -3.53. The summed E-state index contributed by atoms with van der Waals surface area (Å²) in [6.07, 6.45) is -0.334. The Morgan fingerprint density at radius 2 is 1.79 bits per heavy atom. The van der Waals surface area contributed by atoms with Gasteiger partial charge in [-0.3, -0.25) is 9.59 Å². The van der Waals surface area contributed by atoms with Gasteiger partial charge in [0.1, 0.15) is 11.5 Å². The number of rotatable bonds is 9. The van der Waals surface area contributed by atoms with Crippen LogP contribution in [0.1, 0.15) is 31.3 Å². The number of thioether (sulfide) groups is 1. The molecule has 0 bridgehead atoms. The average molecular weight is 470 g/mol. The monoisotopic (exact) mass is 469 g/mol. The summed E-state index contributed by atoms with van der Waals surface area (Å²) in [6.45, 7) is 5.22. The molecule has 3 rings (SSSR count). The van der Waals surface area contributed by atoms with Crippen LogP contribution in [-0.2, 0) is 16.6 Å². The molecule has 10 heteroatoms. The predicted octanol–water partition coefficient (Wildman–Crippen LogP) is 3.96. The number of nitrogens with zero attached hydrogens (tertiary/aromatic N) is 3. The number of ether oxygens (including phenoxy) is 2. The zero-order chi connectivity index (χ0) is 24.0. The molecule has 1 heterocycles. The van der Waals surface area contributed by atoms with Crippen LogP contribution in [0.4, 0.5) is 11.4 Å². The van der Waals surface area contributed by atoms with Crippen molar-refractivity contribution in [2.24, 2.45) is 7.05 Å². The Kier molecular flexibility index (Phi) is 7.94. The Morgan fingerprint density at radius 1 is 1.09 bits per heavy atom. The van der Waals surface area contributed by atoms with Crippen molar-refractivity contribution in [3.05, 3.63) is 53.9 Å². The van der Waals surface area contributed by atoms with Crippen LogP contribution in [0.15, 0.2) is 47.6 Å². The average Bonchev–Trinajstić information content (AvgIpc) is 3.15. The molecule has 1 unspecified atom stereocenters. The number of methoxy groups -OCH3 is 1. The van der Waals surface area contributed by atoms with Gasteiger partial charge in [-0.1, -0.05) is 17.8 Å². The van der Waals surface area contributed by atoms with E-state index in [0.717, 1.165) is 11.3 Å². The fourth-order valence-corrected chi connectivity index (χ4v) is 3.79. The molecular formula is C23H27N5O4S. The zero-order valence-corrected chi connectivity index (χ0v) is 20.0. The van der Waals surface area contributed by atoms with Crippen molar-refractivity contribution in [1.29, 1.82) is 0 Å². The maximum Gasteiger partial charge on any atom is 0.234 e. The lowest BCUT2D eigenvalue weighted by Gasteiger charge is -2.14. The topological polar surface area (TPSA) is 107 Å². The van der Waals surface area contributed by atoms with Gasteiger partial charge in [-0.15, -0.1) is 10.2 Å². The van der Waals surface area contributed by atoms with Crippen molar-refractivity contribution in [2.45, 2.75) is 32.0 Å². The van der Waals surface area contributed by atoms with Crippen molar-refractivity contribution in [3.63, 3.8) is 0 Å². The first-order valence-corrected chi connectivity index (χ1v) is 11.3. The van der Waals surface area contributed by atoms with E-state index in [9.17, 15) is 9.59 Å². The minimum atomic E-state index is -0.334. The van der Waals surface area contributed by atoms with Crippen molar-refractivity contribution in [1.82, 2.24) is 14.8 Å². The van der Waals surface area contributed by atoms with Gasteiger partial charge in [-0.05, 0) is 55.8 Å². The van der Waals surface area contributed by atoms with Gasteiger partial charge < -0.3 is 24.7 Å². The maximum atomic E-state index is 12.4. The lowest BCUT2D eigenvalue weighted by Crippen LogP contribution is -2.15. The molecule has 0 aliphatic rings. The Labute approximate surface area is 196 Å². The van der Waals surface area contributed by atoms with E-state index in [2.05, 4.69) is 20.8 Å². The highest BCUT2D eigenvalue weighted by atomic mass is 32.2. The Bertz CT molecular complexity index is 1130. The van der Waals surface area contributed by atoms with Crippen LogP contribution in [0.25, 0.3) is 0 Å². The summed E-state index contributed by atoms with van der Waals surface area (Å²) < 4.78 is 12.9. The second-order valence-electron chi connectivity index (χ2n) is 7.38. The summed E-state index contributed by atoms with van der Waals surface area (Å²) in [6, 6.07) is 12.7. The van der Waals surface area contributed by atoms with Gasteiger partial charge in [0.05, 0.1) is 12.9 Å². The van der Waals surface area contributed by atoms with Crippen LogP contribution in [0.2, 0.25) is 0 Å². The Morgan fingerprint density at radius 3 is 2.45 bits per heavy atom. The Balaban J connectivity index is 1.57. The molecule has 0 saturated carbocycles. The molecule has 1 aromatic heterocycles. The van der Waals surface area contributed by atoms with Gasteiger partial charge >= 0.3 is 0 Å². The number of carbonyl (C=O) groups is 2. The van der Waals surface area contributed by atoms with Crippen LogP contribution in [0.5, 0.6) is 11.5 Å². The van der Waals surface area contributed by atoms with Gasteiger partial charge in [-0.2, -0.15) is 0 Å². The second-order valence-corrected chi connectivity index (χ2v) is 8.33. The fraction of sp³-hybridized carbons (Fsp3) is 0.304. The molecule has 0 fully saturated rings.